The molecule has 2 aromatic carbocycles. The third kappa shape index (κ3) is 5.63. The molecule has 5 heteroatoms. The van der Waals surface area contributed by atoms with Crippen LogP contribution in [0.4, 0.5) is 0 Å². The summed E-state index contributed by atoms with van der Waals surface area (Å²) in [5.74, 6) is 2.22. The zero-order chi connectivity index (χ0) is 16.5. The summed E-state index contributed by atoms with van der Waals surface area (Å²) in [4.78, 5) is 0.693. The predicted molar refractivity (Wildman–Crippen MR) is 94.1 cm³/mol. The summed E-state index contributed by atoms with van der Waals surface area (Å²) in [6, 6.07) is 18.6. The first-order valence-corrected chi connectivity index (χ1v) is 11.4. The maximum absolute atomic E-state index is 12.0. The number of hydrogen-bond acceptors (Lipinski definition) is 3. The molecule has 2 aromatic rings. The predicted octanol–water partition coefficient (Wildman–Crippen LogP) is 3.83. The van der Waals surface area contributed by atoms with E-state index in [-0.39, 0.29) is 11.5 Å². The van der Waals surface area contributed by atoms with Crippen LogP contribution in [0, 0.1) is 0 Å². The first kappa shape index (κ1) is 18.0. The van der Waals surface area contributed by atoms with Crippen molar-refractivity contribution in [1.29, 1.82) is 0 Å². The Bertz CT molecular complexity index is 712. The summed E-state index contributed by atoms with van der Waals surface area (Å²) in [5, 5.41) is 0. The van der Waals surface area contributed by atoms with E-state index in [1.54, 1.807) is 24.3 Å². The Morgan fingerprint density at radius 2 is 1.61 bits per heavy atom. The van der Waals surface area contributed by atoms with Gasteiger partial charge >= 0.3 is 145 Å². The fourth-order valence-electron chi connectivity index (χ4n) is 2.11. The summed E-state index contributed by atoms with van der Waals surface area (Å²) in [6.45, 7) is 0.0649. The van der Waals surface area contributed by atoms with Crippen molar-refractivity contribution in [2.75, 3.05) is 6.61 Å². The van der Waals surface area contributed by atoms with Crippen LogP contribution in [-0.4, -0.2) is 30.0 Å². The minimum absolute atomic E-state index is 0.0649. The second-order valence-electron chi connectivity index (χ2n) is 4.89. The molecule has 23 heavy (non-hydrogen) atoms. The normalized spacial score (nSPS) is 13.3. The molecule has 0 heterocycles. The van der Waals surface area contributed by atoms with Crippen LogP contribution in [0.15, 0.2) is 77.7 Å². The maximum atomic E-state index is 12.0. The Morgan fingerprint density at radius 1 is 1.00 bits per heavy atom. The Hall–Kier alpha value is -1.39. The van der Waals surface area contributed by atoms with Gasteiger partial charge in [0.25, 0.3) is 0 Å². The van der Waals surface area contributed by atoms with Gasteiger partial charge in [0.2, 0.25) is 0 Å². The number of benzene rings is 2. The molecule has 0 spiro atoms. The van der Waals surface area contributed by atoms with Gasteiger partial charge in [0, 0.05) is 0 Å². The van der Waals surface area contributed by atoms with Gasteiger partial charge in [-0.25, -0.2) is 0 Å². The third-order valence-electron chi connectivity index (χ3n) is 3.32. The van der Waals surface area contributed by atoms with Gasteiger partial charge < -0.3 is 0 Å². The topological polar surface area (TPSA) is 43.4 Å². The van der Waals surface area contributed by atoms with Crippen LogP contribution < -0.4 is 0 Å². The average molecular weight is 395 g/mol. The molecular weight excluding hydrogens is 375 g/mol. The SMILES string of the molecule is C[Se]C(C/C=C/COS(=O)(=O)c1ccccc1)c1ccccc1. The van der Waals surface area contributed by atoms with Crippen LogP contribution in [0.25, 0.3) is 0 Å². The summed E-state index contributed by atoms with van der Waals surface area (Å²) in [5.41, 5.74) is 1.33. The quantitative estimate of drug-likeness (QED) is 0.388. The van der Waals surface area contributed by atoms with E-state index < -0.39 is 10.1 Å². The van der Waals surface area contributed by atoms with Crippen LogP contribution in [0.1, 0.15) is 16.8 Å². The van der Waals surface area contributed by atoms with Gasteiger partial charge in [0.1, 0.15) is 0 Å². The number of rotatable bonds is 8. The van der Waals surface area contributed by atoms with E-state index in [4.69, 9.17) is 4.18 Å². The molecule has 122 valence electrons. The van der Waals surface area contributed by atoms with Crippen LogP contribution >= 0.6 is 0 Å². The van der Waals surface area contributed by atoms with Crippen molar-refractivity contribution in [3.63, 3.8) is 0 Å². The zero-order valence-corrected chi connectivity index (χ0v) is 15.5. The summed E-state index contributed by atoms with van der Waals surface area (Å²) in [7, 11) is -3.67. The molecule has 0 bridgehead atoms. The van der Waals surface area contributed by atoms with Crippen LogP contribution in [0.2, 0.25) is 5.82 Å². The second-order valence-corrected chi connectivity index (χ2v) is 8.69. The molecule has 2 rings (SSSR count). The monoisotopic (exact) mass is 396 g/mol. The fraction of sp³-hybridized carbons (Fsp3) is 0.222. The van der Waals surface area contributed by atoms with Crippen molar-refractivity contribution in [2.45, 2.75) is 22.0 Å². The molecule has 0 N–H and O–H groups in total. The Morgan fingerprint density at radius 3 is 2.22 bits per heavy atom. The molecule has 0 saturated heterocycles. The van der Waals surface area contributed by atoms with Gasteiger partial charge in [0.15, 0.2) is 0 Å². The molecule has 3 nitrogen and oxygen atoms in total. The van der Waals surface area contributed by atoms with E-state index in [0.29, 0.717) is 19.8 Å². The average Bonchev–Trinajstić information content (AvgIpc) is 2.59. The molecule has 0 aliphatic heterocycles. The standard InChI is InChI=1S/C18H20O3SSe/c1-23-18(16-10-4-2-5-11-16)14-8-9-15-21-22(19,20)17-12-6-3-7-13-17/h2-13,18H,14-15H2,1H3/b9-8+. The van der Waals surface area contributed by atoms with Gasteiger partial charge in [0.05, 0.1) is 0 Å². The molecule has 1 atom stereocenters. The van der Waals surface area contributed by atoms with E-state index in [0.717, 1.165) is 6.42 Å². The van der Waals surface area contributed by atoms with E-state index >= 15 is 0 Å². The Labute approximate surface area is 144 Å². The first-order valence-electron chi connectivity index (χ1n) is 7.30. The van der Waals surface area contributed by atoms with Crippen molar-refractivity contribution in [2.24, 2.45) is 0 Å². The second kappa shape index (κ2) is 9.04. The third-order valence-corrected chi connectivity index (χ3v) is 6.79. The molecule has 1 unspecified atom stereocenters. The van der Waals surface area contributed by atoms with E-state index in [1.165, 1.54) is 17.7 Å². The summed E-state index contributed by atoms with van der Waals surface area (Å²) in [6.07, 6.45) is 4.68. The molecule has 0 fully saturated rings. The fourth-order valence-corrected chi connectivity index (χ4v) is 4.53. The minimum atomic E-state index is -3.67. The van der Waals surface area contributed by atoms with Crippen molar-refractivity contribution < 1.29 is 12.6 Å². The number of allylic oxidation sites excluding steroid dienone is 1. The van der Waals surface area contributed by atoms with Gasteiger partial charge in [-0.15, -0.1) is 0 Å². The van der Waals surface area contributed by atoms with Gasteiger partial charge in [-0.3, -0.25) is 0 Å². The van der Waals surface area contributed by atoms with Crippen molar-refractivity contribution in [1.82, 2.24) is 0 Å². The van der Waals surface area contributed by atoms with E-state index in [1.807, 2.05) is 24.3 Å². The molecule has 0 aromatic heterocycles. The van der Waals surface area contributed by atoms with E-state index in [9.17, 15) is 8.42 Å². The molecule has 0 aliphatic rings. The number of hydrogen-bond donors (Lipinski definition) is 0. The molecule has 0 aliphatic carbocycles. The summed E-state index contributed by atoms with van der Waals surface area (Å²) >= 11 is 0.489. The van der Waals surface area contributed by atoms with Crippen molar-refractivity contribution >= 4 is 25.1 Å². The Kier molecular flexibility index (Phi) is 7.06. The van der Waals surface area contributed by atoms with Gasteiger partial charge in [-0.05, 0) is 0 Å². The summed E-state index contributed by atoms with van der Waals surface area (Å²) < 4.78 is 28.9. The van der Waals surface area contributed by atoms with Gasteiger partial charge in [-0.1, -0.05) is 0 Å². The van der Waals surface area contributed by atoms with Crippen LogP contribution in [-0.2, 0) is 14.3 Å². The zero-order valence-electron chi connectivity index (χ0n) is 13.0. The van der Waals surface area contributed by atoms with Crippen molar-refractivity contribution in [3.8, 4) is 0 Å². The molecular formula is C18H20O3SSe. The first-order chi connectivity index (χ1) is 11.1. The Balaban J connectivity index is 1.85. The van der Waals surface area contributed by atoms with Crippen LogP contribution in [0.5, 0.6) is 0 Å². The molecule has 0 saturated carbocycles. The van der Waals surface area contributed by atoms with E-state index in [2.05, 4.69) is 18.0 Å². The molecule has 0 radical (unpaired) electrons. The van der Waals surface area contributed by atoms with Crippen LogP contribution in [0.3, 0.4) is 0 Å². The van der Waals surface area contributed by atoms with Gasteiger partial charge in [-0.2, -0.15) is 0 Å². The van der Waals surface area contributed by atoms with Crippen molar-refractivity contribution in [3.05, 3.63) is 78.4 Å². The molecule has 0 amide bonds.